The SMILES string of the molecule is Cc1ccc(C)c(CN2CCN(C#N)CC2)c1. The maximum atomic E-state index is 8.80. The molecule has 1 aromatic rings. The van der Waals surface area contributed by atoms with Gasteiger partial charge >= 0.3 is 0 Å². The van der Waals surface area contributed by atoms with Crippen LogP contribution in [0.25, 0.3) is 0 Å². The van der Waals surface area contributed by atoms with E-state index >= 15 is 0 Å². The van der Waals surface area contributed by atoms with Crippen molar-refractivity contribution in [2.75, 3.05) is 26.2 Å². The standard InChI is InChI=1S/C14H19N3/c1-12-3-4-13(2)14(9-12)10-16-5-7-17(11-15)8-6-16/h3-4,9H,5-8,10H2,1-2H3. The highest BCUT2D eigenvalue weighted by molar-refractivity contribution is 5.30. The van der Waals surface area contributed by atoms with E-state index in [9.17, 15) is 0 Å². The topological polar surface area (TPSA) is 30.3 Å². The third kappa shape index (κ3) is 2.98. The Morgan fingerprint density at radius 3 is 2.53 bits per heavy atom. The number of piperazine rings is 1. The minimum atomic E-state index is 0.862. The predicted molar refractivity (Wildman–Crippen MR) is 68.4 cm³/mol. The van der Waals surface area contributed by atoms with Crippen LogP contribution in [-0.4, -0.2) is 36.0 Å². The maximum Gasteiger partial charge on any atom is 0.179 e. The predicted octanol–water partition coefficient (Wildman–Crippen LogP) is 1.90. The number of nitrogens with zero attached hydrogens (tertiary/aromatic N) is 3. The molecule has 17 heavy (non-hydrogen) atoms. The molecule has 3 heteroatoms. The van der Waals surface area contributed by atoms with E-state index in [-0.39, 0.29) is 0 Å². The van der Waals surface area contributed by atoms with Gasteiger partial charge in [-0.15, -0.1) is 0 Å². The molecule has 0 unspecified atom stereocenters. The quantitative estimate of drug-likeness (QED) is 0.726. The van der Waals surface area contributed by atoms with Crippen LogP contribution in [0.1, 0.15) is 16.7 Å². The van der Waals surface area contributed by atoms with Crippen molar-refractivity contribution in [3.05, 3.63) is 34.9 Å². The molecular formula is C14H19N3. The van der Waals surface area contributed by atoms with Crippen LogP contribution >= 0.6 is 0 Å². The molecule has 1 heterocycles. The van der Waals surface area contributed by atoms with Crippen LogP contribution in [0.4, 0.5) is 0 Å². The normalized spacial score (nSPS) is 16.9. The molecule has 0 atom stereocenters. The van der Waals surface area contributed by atoms with E-state index in [1.54, 1.807) is 0 Å². The summed E-state index contributed by atoms with van der Waals surface area (Å²) in [5.74, 6) is 0. The molecule has 0 aromatic heterocycles. The van der Waals surface area contributed by atoms with Crippen molar-refractivity contribution in [2.45, 2.75) is 20.4 Å². The minimum absolute atomic E-state index is 0.862. The Hall–Kier alpha value is -1.53. The molecule has 3 nitrogen and oxygen atoms in total. The van der Waals surface area contributed by atoms with Crippen molar-refractivity contribution in [3.63, 3.8) is 0 Å². The highest BCUT2D eigenvalue weighted by Crippen LogP contribution is 2.14. The van der Waals surface area contributed by atoms with E-state index in [4.69, 9.17) is 5.26 Å². The van der Waals surface area contributed by atoms with E-state index in [1.165, 1.54) is 16.7 Å². The molecule has 90 valence electrons. The van der Waals surface area contributed by atoms with E-state index in [1.807, 2.05) is 4.90 Å². The van der Waals surface area contributed by atoms with Crippen LogP contribution in [0, 0.1) is 25.3 Å². The lowest BCUT2D eigenvalue weighted by Crippen LogP contribution is -2.43. The monoisotopic (exact) mass is 229 g/mol. The molecule has 1 aliphatic heterocycles. The Labute approximate surface area is 103 Å². The average Bonchev–Trinajstić information content (AvgIpc) is 2.35. The lowest BCUT2D eigenvalue weighted by Gasteiger charge is -2.31. The van der Waals surface area contributed by atoms with Gasteiger partial charge in [0.15, 0.2) is 6.19 Å². The molecule has 1 aliphatic rings. The van der Waals surface area contributed by atoms with Crippen molar-refractivity contribution in [1.29, 1.82) is 5.26 Å². The largest absolute Gasteiger partial charge is 0.308 e. The van der Waals surface area contributed by atoms with Crippen molar-refractivity contribution in [1.82, 2.24) is 9.80 Å². The van der Waals surface area contributed by atoms with Crippen LogP contribution in [0.5, 0.6) is 0 Å². The van der Waals surface area contributed by atoms with Crippen LogP contribution in [0.15, 0.2) is 18.2 Å². The first kappa shape index (κ1) is 11.9. The van der Waals surface area contributed by atoms with Gasteiger partial charge in [-0.25, -0.2) is 0 Å². The van der Waals surface area contributed by atoms with Gasteiger partial charge in [0.05, 0.1) is 0 Å². The second-order valence-corrected chi connectivity index (χ2v) is 4.79. The summed E-state index contributed by atoms with van der Waals surface area (Å²) in [5.41, 5.74) is 4.09. The smallest absolute Gasteiger partial charge is 0.179 e. The van der Waals surface area contributed by atoms with Crippen LogP contribution < -0.4 is 0 Å². The molecule has 2 rings (SSSR count). The van der Waals surface area contributed by atoms with Crippen molar-refractivity contribution >= 4 is 0 Å². The molecule has 0 N–H and O–H groups in total. The average molecular weight is 229 g/mol. The molecule has 1 saturated heterocycles. The van der Waals surface area contributed by atoms with Gasteiger partial charge in [0.25, 0.3) is 0 Å². The van der Waals surface area contributed by atoms with Crippen LogP contribution in [-0.2, 0) is 6.54 Å². The first-order valence-corrected chi connectivity index (χ1v) is 6.12. The molecule has 0 saturated carbocycles. The highest BCUT2D eigenvalue weighted by Gasteiger charge is 2.16. The highest BCUT2D eigenvalue weighted by atomic mass is 15.2. The summed E-state index contributed by atoms with van der Waals surface area (Å²) in [6.07, 6.45) is 2.22. The van der Waals surface area contributed by atoms with Gasteiger partial charge in [0.2, 0.25) is 0 Å². The Balaban J connectivity index is 1.98. The third-order valence-electron chi connectivity index (χ3n) is 3.41. The van der Waals surface area contributed by atoms with E-state index < -0.39 is 0 Å². The Morgan fingerprint density at radius 2 is 1.88 bits per heavy atom. The zero-order valence-corrected chi connectivity index (χ0v) is 10.6. The number of hydrogen-bond donors (Lipinski definition) is 0. The van der Waals surface area contributed by atoms with Gasteiger partial charge in [-0.2, -0.15) is 5.26 Å². The number of hydrogen-bond acceptors (Lipinski definition) is 3. The number of benzene rings is 1. The van der Waals surface area contributed by atoms with Gasteiger partial charge in [-0.05, 0) is 25.0 Å². The summed E-state index contributed by atoms with van der Waals surface area (Å²) in [4.78, 5) is 4.26. The van der Waals surface area contributed by atoms with Crippen molar-refractivity contribution in [2.24, 2.45) is 0 Å². The fourth-order valence-electron chi connectivity index (χ4n) is 2.22. The zero-order chi connectivity index (χ0) is 12.3. The first-order valence-electron chi connectivity index (χ1n) is 6.12. The van der Waals surface area contributed by atoms with Gasteiger partial charge in [-0.3, -0.25) is 4.90 Å². The first-order chi connectivity index (χ1) is 8.19. The second-order valence-electron chi connectivity index (χ2n) is 4.79. The van der Waals surface area contributed by atoms with Crippen molar-refractivity contribution < 1.29 is 0 Å². The van der Waals surface area contributed by atoms with Crippen molar-refractivity contribution in [3.8, 4) is 6.19 Å². The zero-order valence-electron chi connectivity index (χ0n) is 10.6. The second kappa shape index (κ2) is 5.20. The lowest BCUT2D eigenvalue weighted by atomic mass is 10.0. The van der Waals surface area contributed by atoms with Gasteiger partial charge in [-0.1, -0.05) is 23.8 Å². The number of nitriles is 1. The summed E-state index contributed by atoms with van der Waals surface area (Å²) in [6, 6.07) is 6.62. The Kier molecular flexibility index (Phi) is 3.65. The van der Waals surface area contributed by atoms with E-state index in [0.29, 0.717) is 0 Å². The molecule has 0 amide bonds. The van der Waals surface area contributed by atoms with Crippen LogP contribution in [0.2, 0.25) is 0 Å². The van der Waals surface area contributed by atoms with Gasteiger partial charge in [0.1, 0.15) is 0 Å². The minimum Gasteiger partial charge on any atom is -0.308 e. The Morgan fingerprint density at radius 1 is 1.18 bits per heavy atom. The summed E-state index contributed by atoms with van der Waals surface area (Å²) in [5, 5.41) is 8.80. The summed E-state index contributed by atoms with van der Waals surface area (Å²) >= 11 is 0. The number of rotatable bonds is 2. The van der Waals surface area contributed by atoms with Gasteiger partial charge in [0, 0.05) is 32.7 Å². The Bertz CT molecular complexity index is 426. The fourth-order valence-corrected chi connectivity index (χ4v) is 2.22. The van der Waals surface area contributed by atoms with Crippen LogP contribution in [0.3, 0.4) is 0 Å². The molecular weight excluding hydrogens is 210 g/mol. The summed E-state index contributed by atoms with van der Waals surface area (Å²) in [6.45, 7) is 9.01. The molecule has 0 radical (unpaired) electrons. The van der Waals surface area contributed by atoms with E-state index in [2.05, 4.69) is 43.1 Å². The fraction of sp³-hybridized carbons (Fsp3) is 0.500. The summed E-state index contributed by atoms with van der Waals surface area (Å²) in [7, 11) is 0. The lowest BCUT2D eigenvalue weighted by molar-refractivity contribution is 0.167. The van der Waals surface area contributed by atoms with Gasteiger partial charge < -0.3 is 4.90 Å². The summed E-state index contributed by atoms with van der Waals surface area (Å²) < 4.78 is 0. The molecule has 0 aliphatic carbocycles. The third-order valence-corrected chi connectivity index (χ3v) is 3.41. The molecule has 0 bridgehead atoms. The molecule has 0 spiro atoms. The number of aryl methyl sites for hydroxylation is 2. The van der Waals surface area contributed by atoms with E-state index in [0.717, 1.165) is 32.7 Å². The molecule has 1 aromatic carbocycles. The maximum absolute atomic E-state index is 8.80. The molecule has 1 fully saturated rings.